The fourth-order valence-corrected chi connectivity index (χ4v) is 4.75. The van der Waals surface area contributed by atoms with E-state index < -0.39 is 15.1 Å². The zero-order valence-corrected chi connectivity index (χ0v) is 18.6. The van der Waals surface area contributed by atoms with Crippen LogP contribution in [-0.4, -0.2) is 20.9 Å². The maximum absolute atomic E-state index is 13.2. The largest absolute Gasteiger partial charge is 0.468 e. The van der Waals surface area contributed by atoms with Gasteiger partial charge in [-0.15, -0.1) is 0 Å². The SMILES string of the molecule is CC(C)(C)c1ccc(C(=O)NCC(c2ccco2)S(=O)(=O)c2ccc(Cl)cc2)cc1. The molecule has 0 fully saturated rings. The van der Waals surface area contributed by atoms with Gasteiger partial charge in [0.2, 0.25) is 0 Å². The van der Waals surface area contributed by atoms with E-state index in [1.54, 1.807) is 24.3 Å². The lowest BCUT2D eigenvalue weighted by atomic mass is 9.87. The van der Waals surface area contributed by atoms with Crippen molar-refractivity contribution < 1.29 is 17.6 Å². The summed E-state index contributed by atoms with van der Waals surface area (Å²) in [7, 11) is -3.81. The molecule has 1 heterocycles. The van der Waals surface area contributed by atoms with Crippen molar-refractivity contribution >= 4 is 27.3 Å². The molecule has 5 nitrogen and oxygen atoms in total. The van der Waals surface area contributed by atoms with Crippen LogP contribution in [0, 0.1) is 0 Å². The number of carbonyl (C=O) groups excluding carboxylic acids is 1. The number of sulfone groups is 1. The molecule has 3 aromatic rings. The molecule has 0 saturated heterocycles. The molecular weight excluding hydrogens is 422 g/mol. The van der Waals surface area contributed by atoms with Crippen molar-refractivity contribution in [3.8, 4) is 0 Å². The highest BCUT2D eigenvalue weighted by Gasteiger charge is 2.32. The van der Waals surface area contributed by atoms with Crippen LogP contribution in [0.4, 0.5) is 0 Å². The summed E-state index contributed by atoms with van der Waals surface area (Å²) < 4.78 is 31.7. The maximum atomic E-state index is 13.2. The summed E-state index contributed by atoms with van der Waals surface area (Å²) >= 11 is 5.88. The van der Waals surface area contributed by atoms with E-state index in [2.05, 4.69) is 26.1 Å². The Kier molecular flexibility index (Phi) is 6.38. The van der Waals surface area contributed by atoms with Gasteiger partial charge in [0.25, 0.3) is 5.91 Å². The zero-order chi connectivity index (χ0) is 21.9. The Bertz CT molecular complexity index is 1100. The Morgan fingerprint density at radius 3 is 2.20 bits per heavy atom. The lowest BCUT2D eigenvalue weighted by Crippen LogP contribution is -2.31. The second-order valence-electron chi connectivity index (χ2n) is 8.04. The Labute approximate surface area is 182 Å². The lowest BCUT2D eigenvalue weighted by Gasteiger charge is -2.19. The molecule has 0 aliphatic rings. The Balaban J connectivity index is 1.81. The van der Waals surface area contributed by atoms with Crippen molar-refractivity contribution in [1.82, 2.24) is 5.32 Å². The molecule has 0 bridgehead atoms. The average molecular weight is 446 g/mol. The smallest absolute Gasteiger partial charge is 0.251 e. The first kappa shape index (κ1) is 22.1. The van der Waals surface area contributed by atoms with E-state index in [-0.39, 0.29) is 28.5 Å². The van der Waals surface area contributed by atoms with E-state index in [9.17, 15) is 13.2 Å². The second kappa shape index (κ2) is 8.66. The number of benzene rings is 2. The van der Waals surface area contributed by atoms with Crippen LogP contribution in [0.2, 0.25) is 5.02 Å². The summed E-state index contributed by atoms with van der Waals surface area (Å²) in [5.41, 5.74) is 1.55. The van der Waals surface area contributed by atoms with Crippen LogP contribution in [0.5, 0.6) is 0 Å². The number of rotatable bonds is 6. The summed E-state index contributed by atoms with van der Waals surface area (Å²) in [6.07, 6.45) is 1.41. The first-order valence-corrected chi connectivity index (χ1v) is 11.4. The van der Waals surface area contributed by atoms with Gasteiger partial charge >= 0.3 is 0 Å². The molecule has 0 saturated carbocycles. The zero-order valence-electron chi connectivity index (χ0n) is 17.1. The van der Waals surface area contributed by atoms with Crippen molar-refractivity contribution in [3.63, 3.8) is 0 Å². The summed E-state index contributed by atoms with van der Waals surface area (Å²) in [6.45, 7) is 6.16. The monoisotopic (exact) mass is 445 g/mol. The summed E-state index contributed by atoms with van der Waals surface area (Å²) in [6, 6.07) is 16.4. The number of hydrogen-bond acceptors (Lipinski definition) is 4. The fourth-order valence-electron chi connectivity index (χ4n) is 3.04. The van der Waals surface area contributed by atoms with Crippen LogP contribution in [0.15, 0.2) is 76.2 Å². The van der Waals surface area contributed by atoms with Gasteiger partial charge in [0.15, 0.2) is 9.84 Å². The molecule has 7 heteroatoms. The molecule has 1 atom stereocenters. The Morgan fingerprint density at radius 2 is 1.67 bits per heavy atom. The van der Waals surface area contributed by atoms with Gasteiger partial charge in [-0.1, -0.05) is 44.5 Å². The van der Waals surface area contributed by atoms with E-state index in [0.717, 1.165) is 5.56 Å². The van der Waals surface area contributed by atoms with Crippen molar-refractivity contribution in [2.45, 2.75) is 36.3 Å². The molecular formula is C23H24ClNO4S. The molecule has 2 aromatic carbocycles. The van der Waals surface area contributed by atoms with Crippen LogP contribution in [0.3, 0.4) is 0 Å². The van der Waals surface area contributed by atoms with Crippen LogP contribution >= 0.6 is 11.6 Å². The van der Waals surface area contributed by atoms with E-state index in [4.69, 9.17) is 16.0 Å². The minimum atomic E-state index is -3.81. The lowest BCUT2D eigenvalue weighted by molar-refractivity contribution is 0.0953. The van der Waals surface area contributed by atoms with E-state index in [1.165, 1.54) is 30.5 Å². The molecule has 0 aliphatic carbocycles. The van der Waals surface area contributed by atoms with Crippen molar-refractivity contribution in [2.75, 3.05) is 6.54 Å². The van der Waals surface area contributed by atoms with Crippen molar-refractivity contribution in [1.29, 1.82) is 0 Å². The van der Waals surface area contributed by atoms with Crippen LogP contribution < -0.4 is 5.32 Å². The number of furan rings is 1. The van der Waals surface area contributed by atoms with Crippen LogP contribution in [-0.2, 0) is 15.3 Å². The molecule has 30 heavy (non-hydrogen) atoms. The van der Waals surface area contributed by atoms with Gasteiger partial charge in [0.1, 0.15) is 11.0 Å². The number of carbonyl (C=O) groups is 1. The van der Waals surface area contributed by atoms with Crippen LogP contribution in [0.25, 0.3) is 0 Å². The summed E-state index contributed by atoms with van der Waals surface area (Å²) in [4.78, 5) is 12.7. The first-order chi connectivity index (χ1) is 14.1. The molecule has 1 N–H and O–H groups in total. The second-order valence-corrected chi connectivity index (χ2v) is 10.6. The van der Waals surface area contributed by atoms with Crippen molar-refractivity contribution in [2.24, 2.45) is 0 Å². The summed E-state index contributed by atoms with van der Waals surface area (Å²) in [5.74, 6) is -0.0911. The molecule has 0 aliphatic heterocycles. The minimum absolute atomic E-state index is 0.0218. The average Bonchev–Trinajstić information content (AvgIpc) is 3.22. The minimum Gasteiger partial charge on any atom is -0.468 e. The molecule has 3 rings (SSSR count). The topological polar surface area (TPSA) is 76.4 Å². The maximum Gasteiger partial charge on any atom is 0.251 e. The highest BCUT2D eigenvalue weighted by molar-refractivity contribution is 7.91. The highest BCUT2D eigenvalue weighted by Crippen LogP contribution is 2.30. The molecule has 1 amide bonds. The summed E-state index contributed by atoms with van der Waals surface area (Å²) in [5, 5.41) is 2.11. The van der Waals surface area contributed by atoms with Gasteiger partial charge in [0.05, 0.1) is 11.2 Å². The number of amides is 1. The van der Waals surface area contributed by atoms with E-state index >= 15 is 0 Å². The number of nitrogens with one attached hydrogen (secondary N) is 1. The molecule has 1 unspecified atom stereocenters. The fraction of sp³-hybridized carbons (Fsp3) is 0.261. The molecule has 158 valence electrons. The third-order valence-electron chi connectivity index (χ3n) is 4.84. The van der Waals surface area contributed by atoms with Gasteiger partial charge < -0.3 is 9.73 Å². The van der Waals surface area contributed by atoms with Gasteiger partial charge in [-0.05, 0) is 59.5 Å². The Hall–Kier alpha value is -2.57. The normalized spacial score (nSPS) is 13.1. The third kappa shape index (κ3) is 4.94. The van der Waals surface area contributed by atoms with Crippen LogP contribution in [0.1, 0.15) is 47.7 Å². The van der Waals surface area contributed by atoms with Gasteiger partial charge in [-0.2, -0.15) is 0 Å². The van der Waals surface area contributed by atoms with Crippen molar-refractivity contribution in [3.05, 3.63) is 88.8 Å². The molecule has 0 spiro atoms. The predicted octanol–water partition coefficient (Wildman–Crippen LogP) is 5.18. The van der Waals surface area contributed by atoms with Gasteiger partial charge in [0, 0.05) is 17.1 Å². The van der Waals surface area contributed by atoms with Gasteiger partial charge in [-0.25, -0.2) is 8.42 Å². The number of halogens is 1. The van der Waals surface area contributed by atoms with E-state index in [1.807, 2.05) is 12.1 Å². The number of hydrogen-bond donors (Lipinski definition) is 1. The molecule has 1 aromatic heterocycles. The van der Waals surface area contributed by atoms with Gasteiger partial charge in [-0.3, -0.25) is 4.79 Å². The third-order valence-corrected chi connectivity index (χ3v) is 7.17. The quantitative estimate of drug-likeness (QED) is 0.567. The standard InChI is InChI=1S/C23H24ClNO4S/c1-23(2,3)17-8-6-16(7-9-17)22(26)25-15-21(20-5-4-14-29-20)30(27,28)19-12-10-18(24)11-13-19/h4-14,21H,15H2,1-3H3,(H,25,26). The predicted molar refractivity (Wildman–Crippen MR) is 118 cm³/mol. The Morgan fingerprint density at radius 1 is 1.03 bits per heavy atom. The first-order valence-electron chi connectivity index (χ1n) is 9.50. The highest BCUT2D eigenvalue weighted by atomic mass is 35.5. The molecule has 0 radical (unpaired) electrons. The van der Waals surface area contributed by atoms with E-state index in [0.29, 0.717) is 10.6 Å².